The third-order valence-corrected chi connectivity index (χ3v) is 5.84. The summed E-state index contributed by atoms with van der Waals surface area (Å²) in [6, 6.07) is 12.9. The molecule has 5 nitrogen and oxygen atoms in total. The zero-order chi connectivity index (χ0) is 19.0. The molecule has 138 valence electrons. The Morgan fingerprint density at radius 3 is 2.81 bits per heavy atom. The third kappa shape index (κ3) is 3.87. The fourth-order valence-corrected chi connectivity index (χ4v) is 3.93. The lowest BCUT2D eigenvalue weighted by atomic mass is 10.2. The molecule has 0 bridgehead atoms. The van der Waals surface area contributed by atoms with Crippen LogP contribution in [-0.4, -0.2) is 21.2 Å². The molecular weight excluding hydrogens is 382 g/mol. The molecule has 1 aliphatic rings. The summed E-state index contributed by atoms with van der Waals surface area (Å²) in [6.07, 6.45) is 1.95. The molecule has 1 N–H and O–H groups in total. The summed E-state index contributed by atoms with van der Waals surface area (Å²) in [6.45, 7) is 1.91. The summed E-state index contributed by atoms with van der Waals surface area (Å²) in [4.78, 5) is 29.8. The second-order valence-corrected chi connectivity index (χ2v) is 7.97. The fraction of sp³-hybridized carbons (Fsp3) is 0.250. The third-order valence-electron chi connectivity index (χ3n) is 4.48. The van der Waals surface area contributed by atoms with E-state index in [2.05, 4.69) is 10.3 Å². The Kier molecular flexibility index (Phi) is 4.93. The highest BCUT2D eigenvalue weighted by atomic mass is 35.5. The van der Waals surface area contributed by atoms with Crippen LogP contribution in [0.2, 0.25) is 5.02 Å². The van der Waals surface area contributed by atoms with Gasteiger partial charge in [0.05, 0.1) is 16.7 Å². The Morgan fingerprint density at radius 1 is 1.30 bits per heavy atom. The van der Waals surface area contributed by atoms with Crippen molar-refractivity contribution >= 4 is 45.9 Å². The van der Waals surface area contributed by atoms with Crippen LogP contribution in [-0.2, 0) is 4.79 Å². The van der Waals surface area contributed by atoms with Crippen LogP contribution in [0, 0.1) is 6.92 Å². The van der Waals surface area contributed by atoms with Gasteiger partial charge >= 0.3 is 0 Å². The molecular formula is C20H18ClN3O2S. The maximum atomic E-state index is 12.8. The topological polar surface area (TPSA) is 64.0 Å². The molecule has 0 unspecified atom stereocenters. The number of rotatable bonds is 5. The Morgan fingerprint density at radius 2 is 2.07 bits per heavy atom. The van der Waals surface area contributed by atoms with Crippen LogP contribution in [0.3, 0.4) is 0 Å². The van der Waals surface area contributed by atoms with Crippen molar-refractivity contribution in [1.29, 1.82) is 0 Å². The van der Waals surface area contributed by atoms with E-state index in [1.807, 2.05) is 37.3 Å². The van der Waals surface area contributed by atoms with Crippen LogP contribution in [0.15, 0.2) is 52.4 Å². The number of hydrogen-bond donors (Lipinski definition) is 1. The van der Waals surface area contributed by atoms with Gasteiger partial charge in [-0.05, 0) is 49.6 Å². The van der Waals surface area contributed by atoms with E-state index in [-0.39, 0.29) is 23.3 Å². The van der Waals surface area contributed by atoms with E-state index >= 15 is 0 Å². The molecule has 1 aliphatic carbocycles. The lowest BCUT2D eigenvalue weighted by molar-refractivity contribution is -0.113. The number of anilines is 1. The predicted molar refractivity (Wildman–Crippen MR) is 110 cm³/mol. The number of aromatic nitrogens is 2. The number of carbonyl (C=O) groups excluding carboxylic acids is 1. The minimum Gasteiger partial charge on any atom is -0.325 e. The van der Waals surface area contributed by atoms with Gasteiger partial charge < -0.3 is 5.32 Å². The van der Waals surface area contributed by atoms with Gasteiger partial charge in [-0.2, -0.15) is 0 Å². The molecule has 1 amide bonds. The monoisotopic (exact) mass is 399 g/mol. The average Bonchev–Trinajstić information content (AvgIpc) is 3.48. The first-order valence-electron chi connectivity index (χ1n) is 8.73. The van der Waals surface area contributed by atoms with Gasteiger partial charge in [-0.3, -0.25) is 14.2 Å². The van der Waals surface area contributed by atoms with E-state index in [0.717, 1.165) is 18.4 Å². The molecule has 4 rings (SSSR count). The number of carbonyl (C=O) groups is 1. The van der Waals surface area contributed by atoms with Gasteiger partial charge in [-0.25, -0.2) is 4.98 Å². The minimum absolute atomic E-state index is 0.0312. The highest BCUT2D eigenvalue weighted by Gasteiger charge is 2.28. The van der Waals surface area contributed by atoms with Crippen molar-refractivity contribution in [2.24, 2.45) is 0 Å². The van der Waals surface area contributed by atoms with Crippen LogP contribution >= 0.6 is 23.4 Å². The standard InChI is InChI=1S/C20H18ClN3O2S/c1-12-6-7-13(10-16(12)21)22-18(25)11-27-20-23-17-5-3-2-4-15(17)19(26)24(20)14-8-9-14/h2-7,10,14H,8-9,11H2,1H3,(H,22,25). The molecule has 7 heteroatoms. The molecule has 1 fully saturated rings. The molecule has 0 atom stereocenters. The highest BCUT2D eigenvalue weighted by molar-refractivity contribution is 7.99. The van der Waals surface area contributed by atoms with Gasteiger partial charge in [0, 0.05) is 16.8 Å². The van der Waals surface area contributed by atoms with Crippen molar-refractivity contribution < 1.29 is 4.79 Å². The van der Waals surface area contributed by atoms with Gasteiger partial charge in [-0.15, -0.1) is 0 Å². The number of hydrogen-bond acceptors (Lipinski definition) is 4. The van der Waals surface area contributed by atoms with Crippen molar-refractivity contribution in [3.05, 3.63) is 63.4 Å². The number of halogens is 1. The average molecular weight is 400 g/mol. The molecule has 27 heavy (non-hydrogen) atoms. The number of nitrogens with one attached hydrogen (secondary N) is 1. The van der Waals surface area contributed by atoms with E-state index in [0.29, 0.717) is 26.8 Å². The van der Waals surface area contributed by atoms with Crippen molar-refractivity contribution in [2.75, 3.05) is 11.1 Å². The van der Waals surface area contributed by atoms with E-state index in [4.69, 9.17) is 11.6 Å². The lowest BCUT2D eigenvalue weighted by Gasteiger charge is -2.12. The van der Waals surface area contributed by atoms with Gasteiger partial charge in [0.15, 0.2) is 5.16 Å². The number of nitrogens with zero attached hydrogens (tertiary/aromatic N) is 2. The SMILES string of the molecule is Cc1ccc(NC(=O)CSc2nc3ccccc3c(=O)n2C2CC2)cc1Cl. The summed E-state index contributed by atoms with van der Waals surface area (Å²) >= 11 is 7.39. The molecule has 2 aromatic carbocycles. The predicted octanol–water partition coefficient (Wildman–Crippen LogP) is 4.42. The van der Waals surface area contributed by atoms with Crippen LogP contribution in [0.5, 0.6) is 0 Å². The van der Waals surface area contributed by atoms with E-state index in [1.54, 1.807) is 16.7 Å². The zero-order valence-corrected chi connectivity index (χ0v) is 16.3. The number of benzene rings is 2. The Balaban J connectivity index is 1.54. The van der Waals surface area contributed by atoms with Crippen LogP contribution < -0.4 is 10.9 Å². The summed E-state index contributed by atoms with van der Waals surface area (Å²) in [5.74, 6) is 0.00730. The highest BCUT2D eigenvalue weighted by Crippen LogP contribution is 2.36. The molecule has 1 aromatic heterocycles. The summed E-state index contributed by atoms with van der Waals surface area (Å²) in [5, 5.41) is 4.66. The van der Waals surface area contributed by atoms with Crippen molar-refractivity contribution in [3.8, 4) is 0 Å². The number of amides is 1. The number of thioether (sulfide) groups is 1. The maximum absolute atomic E-state index is 12.8. The van der Waals surface area contributed by atoms with Crippen LogP contribution in [0.4, 0.5) is 5.69 Å². The molecule has 1 heterocycles. The Hall–Kier alpha value is -2.31. The summed E-state index contributed by atoms with van der Waals surface area (Å²) in [5.41, 5.74) is 2.24. The van der Waals surface area contributed by atoms with E-state index in [1.165, 1.54) is 11.8 Å². The van der Waals surface area contributed by atoms with Crippen molar-refractivity contribution in [1.82, 2.24) is 9.55 Å². The Bertz CT molecular complexity index is 1090. The second kappa shape index (κ2) is 7.37. The number of para-hydroxylation sites is 1. The van der Waals surface area contributed by atoms with Gasteiger partial charge in [0.2, 0.25) is 5.91 Å². The molecule has 0 saturated heterocycles. The first-order chi connectivity index (χ1) is 13.0. The zero-order valence-electron chi connectivity index (χ0n) is 14.7. The first-order valence-corrected chi connectivity index (χ1v) is 10.1. The molecule has 1 saturated carbocycles. The molecule has 3 aromatic rings. The summed E-state index contributed by atoms with van der Waals surface area (Å²) in [7, 11) is 0. The van der Waals surface area contributed by atoms with Crippen LogP contribution in [0.25, 0.3) is 10.9 Å². The van der Waals surface area contributed by atoms with Crippen LogP contribution in [0.1, 0.15) is 24.4 Å². The quantitative estimate of drug-likeness (QED) is 0.509. The van der Waals surface area contributed by atoms with Crippen molar-refractivity contribution in [2.45, 2.75) is 31.0 Å². The molecule has 0 aliphatic heterocycles. The maximum Gasteiger partial charge on any atom is 0.262 e. The van der Waals surface area contributed by atoms with Crippen molar-refractivity contribution in [3.63, 3.8) is 0 Å². The fourth-order valence-electron chi connectivity index (χ4n) is 2.88. The molecule has 0 spiro atoms. The summed E-state index contributed by atoms with van der Waals surface area (Å²) < 4.78 is 1.74. The second-order valence-electron chi connectivity index (χ2n) is 6.62. The first kappa shape index (κ1) is 18.1. The number of aryl methyl sites for hydroxylation is 1. The van der Waals surface area contributed by atoms with Gasteiger partial charge in [0.25, 0.3) is 5.56 Å². The van der Waals surface area contributed by atoms with E-state index in [9.17, 15) is 9.59 Å². The smallest absolute Gasteiger partial charge is 0.262 e. The Labute approximate surface area is 165 Å². The minimum atomic E-state index is -0.162. The van der Waals surface area contributed by atoms with Gasteiger partial charge in [0.1, 0.15) is 0 Å². The molecule has 0 radical (unpaired) electrons. The lowest BCUT2D eigenvalue weighted by Crippen LogP contribution is -2.23. The largest absolute Gasteiger partial charge is 0.325 e. The van der Waals surface area contributed by atoms with Gasteiger partial charge in [-0.1, -0.05) is 41.6 Å². The van der Waals surface area contributed by atoms with E-state index < -0.39 is 0 Å². The number of fused-ring (bicyclic) bond motifs is 1. The normalized spacial score (nSPS) is 13.7.